The van der Waals surface area contributed by atoms with Gasteiger partial charge in [-0.2, -0.15) is 4.31 Å². The maximum Gasteiger partial charge on any atom is 0.323 e. The Balaban J connectivity index is 2.83. The predicted octanol–water partition coefficient (Wildman–Crippen LogP) is 1.28. The maximum absolute atomic E-state index is 11.8. The van der Waals surface area contributed by atoms with Crippen LogP contribution in [-0.4, -0.2) is 36.1 Å². The summed E-state index contributed by atoms with van der Waals surface area (Å²) in [6.45, 7) is 1.12. The highest BCUT2D eigenvalue weighted by Crippen LogP contribution is 2.17. The lowest BCUT2D eigenvalue weighted by Gasteiger charge is -2.18. The van der Waals surface area contributed by atoms with Crippen molar-refractivity contribution in [1.82, 2.24) is 4.31 Å². The van der Waals surface area contributed by atoms with Crippen LogP contribution in [0.15, 0.2) is 21.2 Å². The second-order valence-corrected chi connectivity index (χ2v) is 6.63. The number of sulfonamides is 1. The van der Waals surface area contributed by atoms with Gasteiger partial charge in [-0.1, -0.05) is 0 Å². The number of hydrogen-bond donors (Lipinski definition) is 1. The largest absolute Gasteiger partial charge is 0.480 e. The first kappa shape index (κ1) is 14.2. The van der Waals surface area contributed by atoms with E-state index in [1.807, 2.05) is 0 Å². The predicted molar refractivity (Wildman–Crippen MR) is 63.9 cm³/mol. The number of hydrogen-bond acceptors (Lipinski definition) is 4. The van der Waals surface area contributed by atoms with Gasteiger partial charge in [0.1, 0.15) is 5.76 Å². The SMILES string of the molecule is CC(C(=O)O)S(=O)(=O)N(C)Cc1ccc(Br)o1. The molecule has 0 saturated carbocycles. The molecule has 1 aromatic heterocycles. The molecular weight excluding hydrogens is 314 g/mol. The molecule has 0 aliphatic heterocycles. The first-order chi connectivity index (χ1) is 7.75. The summed E-state index contributed by atoms with van der Waals surface area (Å²) in [7, 11) is -2.56. The second-order valence-electron chi connectivity index (χ2n) is 3.49. The van der Waals surface area contributed by atoms with Crippen molar-refractivity contribution in [2.24, 2.45) is 0 Å². The Kier molecular flexibility index (Phi) is 4.34. The number of halogens is 1. The van der Waals surface area contributed by atoms with E-state index < -0.39 is 21.2 Å². The topological polar surface area (TPSA) is 87.8 Å². The van der Waals surface area contributed by atoms with Gasteiger partial charge in [0.2, 0.25) is 10.0 Å². The Morgan fingerprint density at radius 1 is 1.59 bits per heavy atom. The monoisotopic (exact) mass is 325 g/mol. The van der Waals surface area contributed by atoms with E-state index in [4.69, 9.17) is 9.52 Å². The van der Waals surface area contributed by atoms with E-state index in [1.165, 1.54) is 7.05 Å². The zero-order valence-corrected chi connectivity index (χ0v) is 11.7. The third-order valence-electron chi connectivity index (χ3n) is 2.24. The van der Waals surface area contributed by atoms with Crippen LogP contribution in [-0.2, 0) is 21.4 Å². The molecule has 1 N–H and O–H groups in total. The van der Waals surface area contributed by atoms with Gasteiger partial charge in [0.15, 0.2) is 9.92 Å². The molecule has 96 valence electrons. The van der Waals surface area contributed by atoms with Crippen molar-refractivity contribution in [3.8, 4) is 0 Å². The molecule has 0 spiro atoms. The zero-order chi connectivity index (χ0) is 13.2. The fraction of sp³-hybridized carbons (Fsp3) is 0.444. The molecular formula is C9H12BrNO5S. The summed E-state index contributed by atoms with van der Waals surface area (Å²) in [5, 5.41) is 7.22. The molecule has 0 radical (unpaired) electrons. The Morgan fingerprint density at radius 3 is 2.59 bits per heavy atom. The average Bonchev–Trinajstić information content (AvgIpc) is 2.62. The normalized spacial score (nSPS) is 13.9. The lowest BCUT2D eigenvalue weighted by Crippen LogP contribution is -2.38. The lowest BCUT2D eigenvalue weighted by atomic mass is 10.4. The molecule has 0 amide bonds. The number of carboxylic acids is 1. The molecule has 1 atom stereocenters. The summed E-state index contributed by atoms with van der Waals surface area (Å²) in [4.78, 5) is 10.7. The Morgan fingerprint density at radius 2 is 2.18 bits per heavy atom. The van der Waals surface area contributed by atoms with Gasteiger partial charge in [-0.05, 0) is 35.0 Å². The van der Waals surface area contributed by atoms with Crippen LogP contribution in [0.4, 0.5) is 0 Å². The van der Waals surface area contributed by atoms with Gasteiger partial charge in [0.05, 0.1) is 6.54 Å². The highest BCUT2D eigenvalue weighted by molar-refractivity contribution is 9.10. The van der Waals surface area contributed by atoms with E-state index in [2.05, 4.69) is 15.9 Å². The molecule has 1 aromatic rings. The van der Waals surface area contributed by atoms with E-state index in [0.717, 1.165) is 11.2 Å². The molecule has 0 fully saturated rings. The first-order valence-corrected chi connectivity index (χ1v) is 6.97. The summed E-state index contributed by atoms with van der Waals surface area (Å²) in [5.41, 5.74) is 0. The van der Waals surface area contributed by atoms with E-state index >= 15 is 0 Å². The molecule has 1 unspecified atom stereocenters. The van der Waals surface area contributed by atoms with Gasteiger partial charge in [0.25, 0.3) is 0 Å². The highest BCUT2D eigenvalue weighted by atomic mass is 79.9. The maximum atomic E-state index is 11.8. The fourth-order valence-electron chi connectivity index (χ4n) is 1.14. The van der Waals surface area contributed by atoms with Crippen LogP contribution in [0.3, 0.4) is 0 Å². The minimum absolute atomic E-state index is 0.00838. The van der Waals surface area contributed by atoms with Crippen LogP contribution in [0, 0.1) is 0 Å². The molecule has 0 bridgehead atoms. The van der Waals surface area contributed by atoms with Crippen molar-refractivity contribution in [1.29, 1.82) is 0 Å². The van der Waals surface area contributed by atoms with Crippen LogP contribution in [0.5, 0.6) is 0 Å². The molecule has 0 aliphatic rings. The molecule has 6 nitrogen and oxygen atoms in total. The number of carboxylic acid groups (broad SMARTS) is 1. The average molecular weight is 326 g/mol. The molecule has 0 aromatic carbocycles. The standard InChI is InChI=1S/C9H12BrNO5S/c1-6(9(12)13)17(14,15)11(2)5-7-3-4-8(10)16-7/h3-4,6H,5H2,1-2H3,(H,12,13). The van der Waals surface area contributed by atoms with E-state index in [0.29, 0.717) is 10.4 Å². The van der Waals surface area contributed by atoms with Gasteiger partial charge in [0, 0.05) is 7.05 Å². The van der Waals surface area contributed by atoms with Crippen molar-refractivity contribution in [3.05, 3.63) is 22.6 Å². The molecule has 8 heteroatoms. The molecule has 0 aliphatic carbocycles. The third-order valence-corrected chi connectivity index (χ3v) is 4.76. The Hall–Kier alpha value is -0.860. The highest BCUT2D eigenvalue weighted by Gasteiger charge is 2.32. The second kappa shape index (κ2) is 5.19. The van der Waals surface area contributed by atoms with E-state index in [9.17, 15) is 13.2 Å². The number of nitrogens with zero attached hydrogens (tertiary/aromatic N) is 1. The summed E-state index contributed by atoms with van der Waals surface area (Å²) in [6, 6.07) is 3.25. The van der Waals surface area contributed by atoms with Crippen LogP contribution in [0.25, 0.3) is 0 Å². The van der Waals surface area contributed by atoms with Crippen LogP contribution < -0.4 is 0 Å². The van der Waals surface area contributed by atoms with Gasteiger partial charge in [-0.25, -0.2) is 8.42 Å². The minimum atomic E-state index is -3.87. The number of aliphatic carboxylic acids is 1. The Labute approximate surface area is 107 Å². The molecule has 17 heavy (non-hydrogen) atoms. The molecule has 1 rings (SSSR count). The summed E-state index contributed by atoms with van der Waals surface area (Å²) in [6.07, 6.45) is 0. The van der Waals surface area contributed by atoms with E-state index in [-0.39, 0.29) is 6.54 Å². The first-order valence-electron chi connectivity index (χ1n) is 4.67. The minimum Gasteiger partial charge on any atom is -0.480 e. The zero-order valence-electron chi connectivity index (χ0n) is 9.25. The number of furan rings is 1. The van der Waals surface area contributed by atoms with Crippen molar-refractivity contribution in [2.75, 3.05) is 7.05 Å². The van der Waals surface area contributed by atoms with Crippen LogP contribution in [0.1, 0.15) is 12.7 Å². The van der Waals surface area contributed by atoms with Crippen molar-refractivity contribution in [3.63, 3.8) is 0 Å². The summed E-state index contributed by atoms with van der Waals surface area (Å²) < 4.78 is 30.1. The van der Waals surface area contributed by atoms with Crippen molar-refractivity contribution >= 4 is 31.9 Å². The smallest absolute Gasteiger partial charge is 0.323 e. The lowest BCUT2D eigenvalue weighted by molar-refractivity contribution is -0.136. The van der Waals surface area contributed by atoms with Gasteiger partial charge in [-0.3, -0.25) is 4.79 Å². The van der Waals surface area contributed by atoms with Crippen molar-refractivity contribution in [2.45, 2.75) is 18.7 Å². The number of carbonyl (C=O) groups is 1. The number of rotatable bonds is 5. The van der Waals surface area contributed by atoms with Gasteiger partial charge in [-0.15, -0.1) is 0 Å². The van der Waals surface area contributed by atoms with Crippen LogP contribution >= 0.6 is 15.9 Å². The quantitative estimate of drug-likeness (QED) is 0.880. The molecule has 1 heterocycles. The van der Waals surface area contributed by atoms with Gasteiger partial charge < -0.3 is 9.52 Å². The third kappa shape index (κ3) is 3.30. The molecule has 0 saturated heterocycles. The van der Waals surface area contributed by atoms with E-state index in [1.54, 1.807) is 12.1 Å². The van der Waals surface area contributed by atoms with Crippen LogP contribution in [0.2, 0.25) is 0 Å². The van der Waals surface area contributed by atoms with Crippen molar-refractivity contribution < 1.29 is 22.7 Å². The summed E-state index contributed by atoms with van der Waals surface area (Å²) >= 11 is 3.10. The van der Waals surface area contributed by atoms with Gasteiger partial charge >= 0.3 is 5.97 Å². The Bertz CT molecular complexity index is 509. The fourth-order valence-corrected chi connectivity index (χ4v) is 2.59. The summed E-state index contributed by atoms with van der Waals surface area (Å²) in [5.74, 6) is -0.946.